The van der Waals surface area contributed by atoms with Gasteiger partial charge in [0.05, 0.1) is 0 Å². The molecule has 2 nitrogen and oxygen atoms in total. The summed E-state index contributed by atoms with van der Waals surface area (Å²) in [5.41, 5.74) is 5.65. The average Bonchev–Trinajstić information content (AvgIpc) is 2.70. The molecule has 1 aliphatic heterocycles. The maximum atomic E-state index is 10.4. The highest BCUT2D eigenvalue weighted by Gasteiger charge is 2.34. The second-order valence-electron chi connectivity index (χ2n) is 11.0. The standard InChI is InChI=1S/C29H48O2/c1-20(2)12-9-13-21(3)14-10-15-22(4)16-11-18-29(8)19-17-26-25(7)27(30)23(5)24(6)28(26)31-29/h12,21-22,30H,9-11,13-19H2,1-8H3/t21?,22?,29-/m1/s1. The number of fused-ring (bicyclic) bond motifs is 1. The molecule has 0 aliphatic carbocycles. The fourth-order valence-electron chi connectivity index (χ4n) is 5.06. The van der Waals surface area contributed by atoms with E-state index in [1.54, 1.807) is 0 Å². The maximum absolute atomic E-state index is 10.4. The van der Waals surface area contributed by atoms with Gasteiger partial charge >= 0.3 is 0 Å². The summed E-state index contributed by atoms with van der Waals surface area (Å²) in [5.74, 6) is 3.12. The lowest BCUT2D eigenvalue weighted by molar-refractivity contribution is 0.0512. The number of hydrogen-bond acceptors (Lipinski definition) is 2. The van der Waals surface area contributed by atoms with Gasteiger partial charge in [0.25, 0.3) is 0 Å². The Morgan fingerprint density at radius 3 is 2.23 bits per heavy atom. The first-order valence-electron chi connectivity index (χ1n) is 12.7. The van der Waals surface area contributed by atoms with E-state index in [1.807, 2.05) is 13.8 Å². The van der Waals surface area contributed by atoms with Crippen molar-refractivity contribution in [3.05, 3.63) is 33.9 Å². The molecular weight excluding hydrogens is 380 g/mol. The van der Waals surface area contributed by atoms with E-state index in [1.165, 1.54) is 56.1 Å². The molecule has 2 unspecified atom stereocenters. The molecule has 0 fully saturated rings. The number of benzene rings is 1. The first-order chi connectivity index (χ1) is 14.5. The fourth-order valence-corrected chi connectivity index (χ4v) is 5.06. The smallest absolute Gasteiger partial charge is 0.127 e. The summed E-state index contributed by atoms with van der Waals surface area (Å²) in [7, 11) is 0. The quantitative estimate of drug-likeness (QED) is 0.357. The first-order valence-corrected chi connectivity index (χ1v) is 12.7. The molecule has 1 heterocycles. The summed E-state index contributed by atoms with van der Waals surface area (Å²) in [6.07, 6.45) is 14.7. The Bertz CT molecular complexity index is 757. The van der Waals surface area contributed by atoms with Gasteiger partial charge in [-0.2, -0.15) is 0 Å². The van der Waals surface area contributed by atoms with E-state index in [4.69, 9.17) is 4.74 Å². The van der Waals surface area contributed by atoms with Gasteiger partial charge in [-0.25, -0.2) is 0 Å². The van der Waals surface area contributed by atoms with Crippen molar-refractivity contribution in [3.8, 4) is 11.5 Å². The largest absolute Gasteiger partial charge is 0.507 e. The average molecular weight is 429 g/mol. The van der Waals surface area contributed by atoms with Crippen LogP contribution in [0.25, 0.3) is 0 Å². The van der Waals surface area contributed by atoms with Crippen LogP contribution in [-0.2, 0) is 6.42 Å². The summed E-state index contributed by atoms with van der Waals surface area (Å²) in [6.45, 7) is 17.6. The van der Waals surface area contributed by atoms with Crippen LogP contribution in [0.1, 0.15) is 115 Å². The van der Waals surface area contributed by atoms with Gasteiger partial charge in [-0.15, -0.1) is 0 Å². The highest BCUT2D eigenvalue weighted by atomic mass is 16.5. The van der Waals surface area contributed by atoms with Crippen LogP contribution in [0.4, 0.5) is 0 Å². The van der Waals surface area contributed by atoms with Gasteiger partial charge in [0.1, 0.15) is 17.1 Å². The van der Waals surface area contributed by atoms with Crippen LogP contribution in [0.3, 0.4) is 0 Å². The van der Waals surface area contributed by atoms with Crippen LogP contribution in [-0.4, -0.2) is 10.7 Å². The molecule has 2 rings (SSSR count). The molecule has 176 valence electrons. The number of hydrogen-bond donors (Lipinski definition) is 1. The molecule has 0 saturated carbocycles. The molecule has 2 heteroatoms. The number of phenols is 1. The minimum absolute atomic E-state index is 0.0766. The van der Waals surface area contributed by atoms with Crippen molar-refractivity contribution in [2.45, 2.75) is 125 Å². The molecule has 1 aliphatic rings. The Morgan fingerprint density at radius 1 is 0.968 bits per heavy atom. The minimum Gasteiger partial charge on any atom is -0.507 e. The minimum atomic E-state index is -0.0766. The van der Waals surface area contributed by atoms with Crippen molar-refractivity contribution in [2.24, 2.45) is 11.8 Å². The van der Waals surface area contributed by atoms with Crippen molar-refractivity contribution in [1.82, 2.24) is 0 Å². The number of rotatable bonds is 11. The van der Waals surface area contributed by atoms with E-state index in [-0.39, 0.29) is 5.60 Å². The molecule has 0 amide bonds. The maximum Gasteiger partial charge on any atom is 0.127 e. The zero-order valence-electron chi connectivity index (χ0n) is 21.7. The lowest BCUT2D eigenvalue weighted by atomic mass is 9.84. The highest BCUT2D eigenvalue weighted by molar-refractivity contribution is 5.58. The zero-order chi connectivity index (χ0) is 23.2. The summed E-state index contributed by atoms with van der Waals surface area (Å²) in [4.78, 5) is 0. The van der Waals surface area contributed by atoms with Crippen LogP contribution in [0, 0.1) is 32.6 Å². The molecule has 0 radical (unpaired) electrons. The molecule has 0 spiro atoms. The Hall–Kier alpha value is -1.44. The zero-order valence-corrected chi connectivity index (χ0v) is 21.7. The van der Waals surface area contributed by atoms with Gasteiger partial charge < -0.3 is 9.84 Å². The molecule has 1 aromatic carbocycles. The molecule has 1 N–H and O–H groups in total. The van der Waals surface area contributed by atoms with Crippen LogP contribution in [0.15, 0.2) is 11.6 Å². The SMILES string of the molecule is CC(C)=CCCC(C)CCCC(C)CCC[C@]1(C)CCc2c(C)c(O)c(C)c(C)c2O1. The number of ether oxygens (including phenoxy) is 1. The normalized spacial score (nSPS) is 20.0. The van der Waals surface area contributed by atoms with Gasteiger partial charge in [-0.3, -0.25) is 0 Å². The second kappa shape index (κ2) is 11.4. The van der Waals surface area contributed by atoms with Crippen LogP contribution in [0.5, 0.6) is 11.5 Å². The fraction of sp³-hybridized carbons (Fsp3) is 0.724. The molecule has 0 bridgehead atoms. The van der Waals surface area contributed by atoms with E-state index < -0.39 is 0 Å². The monoisotopic (exact) mass is 428 g/mol. The van der Waals surface area contributed by atoms with E-state index in [9.17, 15) is 5.11 Å². The van der Waals surface area contributed by atoms with Gasteiger partial charge in [-0.05, 0) is 109 Å². The van der Waals surface area contributed by atoms with Crippen LogP contribution in [0.2, 0.25) is 0 Å². The Kier molecular flexibility index (Phi) is 9.52. The molecule has 31 heavy (non-hydrogen) atoms. The van der Waals surface area contributed by atoms with E-state index >= 15 is 0 Å². The molecule has 0 aromatic heterocycles. The Morgan fingerprint density at radius 2 is 1.58 bits per heavy atom. The van der Waals surface area contributed by atoms with Crippen molar-refractivity contribution in [2.75, 3.05) is 0 Å². The second-order valence-corrected chi connectivity index (χ2v) is 11.0. The molecular formula is C29H48O2. The third kappa shape index (κ3) is 7.29. The highest BCUT2D eigenvalue weighted by Crippen LogP contribution is 2.44. The summed E-state index contributed by atoms with van der Waals surface area (Å²) in [6, 6.07) is 0. The van der Waals surface area contributed by atoms with Gasteiger partial charge in [0.2, 0.25) is 0 Å². The van der Waals surface area contributed by atoms with Crippen LogP contribution < -0.4 is 4.74 Å². The van der Waals surface area contributed by atoms with E-state index in [0.717, 1.165) is 53.5 Å². The summed E-state index contributed by atoms with van der Waals surface area (Å²) in [5, 5.41) is 10.4. The Labute approximate surface area is 192 Å². The van der Waals surface area contributed by atoms with E-state index in [0.29, 0.717) is 5.75 Å². The Balaban J connectivity index is 1.76. The predicted octanol–water partition coefficient (Wildman–Crippen LogP) is 8.76. The molecule has 3 atom stereocenters. The number of aromatic hydroxyl groups is 1. The molecule has 1 aromatic rings. The number of allylic oxidation sites excluding steroid dienone is 2. The van der Waals surface area contributed by atoms with Crippen molar-refractivity contribution < 1.29 is 9.84 Å². The van der Waals surface area contributed by atoms with Gasteiger partial charge in [0.15, 0.2) is 0 Å². The van der Waals surface area contributed by atoms with Gasteiger partial charge in [-0.1, -0.05) is 51.2 Å². The van der Waals surface area contributed by atoms with Crippen molar-refractivity contribution in [1.29, 1.82) is 0 Å². The first kappa shape index (κ1) is 25.8. The topological polar surface area (TPSA) is 29.5 Å². The van der Waals surface area contributed by atoms with Crippen LogP contribution >= 0.6 is 0 Å². The molecule has 0 saturated heterocycles. The lowest BCUT2D eigenvalue weighted by Crippen LogP contribution is -2.37. The third-order valence-electron chi connectivity index (χ3n) is 7.60. The van der Waals surface area contributed by atoms with Crippen molar-refractivity contribution >= 4 is 0 Å². The lowest BCUT2D eigenvalue weighted by Gasteiger charge is -2.38. The van der Waals surface area contributed by atoms with Crippen molar-refractivity contribution in [3.63, 3.8) is 0 Å². The predicted molar refractivity (Wildman–Crippen MR) is 134 cm³/mol. The van der Waals surface area contributed by atoms with Gasteiger partial charge in [0, 0.05) is 5.56 Å². The summed E-state index contributed by atoms with van der Waals surface area (Å²) < 4.78 is 6.60. The summed E-state index contributed by atoms with van der Waals surface area (Å²) >= 11 is 0. The third-order valence-corrected chi connectivity index (χ3v) is 7.60. The van der Waals surface area contributed by atoms with E-state index in [2.05, 4.69) is 47.6 Å². The number of phenolic OH excluding ortho intramolecular Hbond substituents is 1.